The number of anilines is 1. The van der Waals surface area contributed by atoms with Crippen LogP contribution in [0.3, 0.4) is 0 Å². The molecule has 0 radical (unpaired) electrons. The number of nitrogens with zero attached hydrogens (tertiary/aromatic N) is 4. The first kappa shape index (κ1) is 22.9. The summed E-state index contributed by atoms with van der Waals surface area (Å²) in [5.41, 5.74) is 9.09. The average Bonchev–Trinajstić information content (AvgIpc) is 3.47. The maximum atomic E-state index is 13.0. The highest BCUT2D eigenvalue weighted by Crippen LogP contribution is 2.42. The molecule has 13 heteroatoms. The molecular formula is C21H25N6O5S2+. The highest BCUT2D eigenvalue weighted by atomic mass is 32.2. The number of thioether (sulfide) groups is 1. The number of aromatic nitrogens is 1. The van der Waals surface area contributed by atoms with Gasteiger partial charge in [0.1, 0.15) is 42.4 Å². The van der Waals surface area contributed by atoms with Crippen molar-refractivity contribution >= 4 is 51.7 Å². The van der Waals surface area contributed by atoms with Gasteiger partial charge in [-0.15, -0.1) is 23.1 Å². The molecule has 180 valence electrons. The van der Waals surface area contributed by atoms with Crippen molar-refractivity contribution in [3.63, 3.8) is 0 Å². The predicted octanol–water partition coefficient (Wildman–Crippen LogP) is 0.583. The molecule has 1 aromatic rings. The molecule has 1 fully saturated rings. The Morgan fingerprint density at radius 2 is 2.06 bits per heavy atom. The Balaban J connectivity index is 1.31. The summed E-state index contributed by atoms with van der Waals surface area (Å²) >= 11 is 2.51. The number of fused-ring (bicyclic) bond motifs is 1. The van der Waals surface area contributed by atoms with Crippen LogP contribution in [0, 0.1) is 0 Å². The van der Waals surface area contributed by atoms with Crippen LogP contribution in [-0.4, -0.2) is 92.0 Å². The molecule has 1 aliphatic carbocycles. The number of nitrogen functional groups attached to an aromatic ring is 1. The van der Waals surface area contributed by atoms with Crippen molar-refractivity contribution in [2.75, 3.05) is 38.2 Å². The molecule has 0 unspecified atom stereocenters. The van der Waals surface area contributed by atoms with E-state index in [-0.39, 0.29) is 22.2 Å². The van der Waals surface area contributed by atoms with Gasteiger partial charge in [0, 0.05) is 16.7 Å². The third-order valence-electron chi connectivity index (χ3n) is 6.79. The second-order valence-corrected chi connectivity index (χ2v) is 11.3. The summed E-state index contributed by atoms with van der Waals surface area (Å²) in [4.78, 5) is 43.0. The maximum Gasteiger partial charge on any atom is 0.352 e. The molecule has 0 spiro atoms. The molecule has 5 N–H and O–H groups in total. The number of carbonyl (C=O) groups excluding carboxylic acids is 2. The number of thiazole rings is 1. The molecule has 4 aliphatic rings. The number of oxime groups is 1. The minimum atomic E-state index is -1.14. The molecule has 0 bridgehead atoms. The summed E-state index contributed by atoms with van der Waals surface area (Å²) in [6.45, 7) is 2.43. The summed E-state index contributed by atoms with van der Waals surface area (Å²) in [5, 5.41) is 26.0. The third-order valence-corrected chi connectivity index (χ3v) is 8.80. The second-order valence-electron chi connectivity index (χ2n) is 9.29. The molecule has 34 heavy (non-hydrogen) atoms. The molecule has 0 saturated carbocycles. The van der Waals surface area contributed by atoms with Crippen LogP contribution in [0.5, 0.6) is 0 Å². The first-order chi connectivity index (χ1) is 16.2. The molecule has 1 saturated heterocycles. The van der Waals surface area contributed by atoms with Gasteiger partial charge in [0.25, 0.3) is 11.8 Å². The number of rotatable bonds is 6. The number of carboxylic acids is 1. The van der Waals surface area contributed by atoms with E-state index in [2.05, 4.69) is 22.5 Å². The molecule has 5 rings (SSSR count). The number of likely N-dealkylation sites (N-methyl/N-ethyl adjacent to an activating group) is 1. The van der Waals surface area contributed by atoms with Crippen LogP contribution in [0.15, 0.2) is 33.0 Å². The van der Waals surface area contributed by atoms with Crippen LogP contribution in [0.25, 0.3) is 0 Å². The summed E-state index contributed by atoms with van der Waals surface area (Å²) in [6.07, 6.45) is 3.46. The van der Waals surface area contributed by atoms with Crippen LogP contribution in [0.2, 0.25) is 0 Å². The van der Waals surface area contributed by atoms with Gasteiger partial charge >= 0.3 is 5.97 Å². The zero-order valence-electron chi connectivity index (χ0n) is 18.5. The van der Waals surface area contributed by atoms with Crippen molar-refractivity contribution < 1.29 is 29.2 Å². The fraction of sp³-hybridized carbons (Fsp3) is 0.476. The topological polar surface area (TPSA) is 158 Å². The van der Waals surface area contributed by atoms with Crippen molar-refractivity contribution in [2.24, 2.45) is 5.16 Å². The van der Waals surface area contributed by atoms with Gasteiger partial charge in [-0.2, -0.15) is 0 Å². The molecular weight excluding hydrogens is 480 g/mol. The number of carbonyl (C=O) groups is 3. The monoisotopic (exact) mass is 505 g/mol. The lowest BCUT2D eigenvalue weighted by Crippen LogP contribution is -2.71. The molecule has 4 heterocycles. The first-order valence-electron chi connectivity index (χ1n) is 10.9. The molecule has 2 amide bonds. The molecule has 11 nitrogen and oxygen atoms in total. The van der Waals surface area contributed by atoms with Gasteiger partial charge in [-0.05, 0) is 30.4 Å². The van der Waals surface area contributed by atoms with Crippen molar-refractivity contribution in [3.8, 4) is 0 Å². The van der Waals surface area contributed by atoms with Crippen LogP contribution in [0.4, 0.5) is 5.13 Å². The quantitative estimate of drug-likeness (QED) is 0.109. The van der Waals surface area contributed by atoms with Gasteiger partial charge in [-0.25, -0.2) is 9.78 Å². The average molecular weight is 506 g/mol. The van der Waals surface area contributed by atoms with Crippen molar-refractivity contribution in [3.05, 3.63) is 33.5 Å². The second kappa shape index (κ2) is 8.40. The van der Waals surface area contributed by atoms with Crippen molar-refractivity contribution in [1.29, 1.82) is 0 Å². The minimum Gasteiger partial charge on any atom is -0.477 e. The fourth-order valence-electron chi connectivity index (χ4n) is 5.42. The van der Waals surface area contributed by atoms with E-state index >= 15 is 0 Å². The number of nitrogens with one attached hydrogen (secondary N) is 1. The number of hydrogen-bond acceptors (Lipinski definition) is 9. The number of quaternary nitrogens is 1. The summed E-state index contributed by atoms with van der Waals surface area (Å²) < 4.78 is 0.733. The smallest absolute Gasteiger partial charge is 0.352 e. The van der Waals surface area contributed by atoms with Gasteiger partial charge < -0.3 is 25.8 Å². The highest BCUT2D eigenvalue weighted by Gasteiger charge is 2.55. The van der Waals surface area contributed by atoms with E-state index in [9.17, 15) is 24.7 Å². The summed E-state index contributed by atoms with van der Waals surface area (Å²) in [5.74, 6) is -1.96. The maximum absolute atomic E-state index is 13.0. The van der Waals surface area contributed by atoms with Crippen molar-refractivity contribution in [2.45, 2.75) is 30.7 Å². The highest BCUT2D eigenvalue weighted by molar-refractivity contribution is 8.00. The Labute approximate surface area is 203 Å². The van der Waals surface area contributed by atoms with Gasteiger partial charge in [0.05, 0.1) is 7.05 Å². The number of β-lactam (4-membered cyclic amide) rings is 1. The Hall–Kier alpha value is -2.90. The van der Waals surface area contributed by atoms with E-state index in [0.29, 0.717) is 12.3 Å². The van der Waals surface area contributed by atoms with E-state index in [1.54, 1.807) is 0 Å². The summed E-state index contributed by atoms with van der Waals surface area (Å²) in [6, 6.07) is -0.928. The number of hydrogen-bond donors (Lipinski definition) is 4. The lowest BCUT2D eigenvalue weighted by Gasteiger charge is -2.49. The SMILES string of the molecule is C[N+]1(CC2=C(C(=O)O)N3C(=O)[C@@H](NC(=O)/C(=N\O)c4csc(N)n4)[C@H]3SC2)CC2=C(CCC2)C1. The lowest BCUT2D eigenvalue weighted by molar-refractivity contribution is -0.890. The van der Waals surface area contributed by atoms with E-state index in [1.165, 1.54) is 39.6 Å². The zero-order valence-corrected chi connectivity index (χ0v) is 20.1. The van der Waals surface area contributed by atoms with Crippen LogP contribution in [-0.2, 0) is 14.4 Å². The normalized spacial score (nSPS) is 25.9. The number of likely N-dealkylation sites (tertiary alicyclic amines) is 1. The van der Waals surface area contributed by atoms with E-state index in [0.717, 1.165) is 47.3 Å². The lowest BCUT2D eigenvalue weighted by atomic mass is 10.0. The van der Waals surface area contributed by atoms with Crippen LogP contribution in [0.1, 0.15) is 25.0 Å². The Kier molecular flexibility index (Phi) is 5.65. The molecule has 1 aromatic heterocycles. The first-order valence-corrected chi connectivity index (χ1v) is 12.8. The number of amides is 2. The van der Waals surface area contributed by atoms with Gasteiger partial charge in [-0.3, -0.25) is 14.5 Å². The van der Waals surface area contributed by atoms with Gasteiger partial charge in [0.15, 0.2) is 10.8 Å². The Morgan fingerprint density at radius 3 is 2.65 bits per heavy atom. The minimum absolute atomic E-state index is 0.0222. The molecule has 2 atom stereocenters. The zero-order chi connectivity index (χ0) is 24.2. The third kappa shape index (κ3) is 3.77. The predicted molar refractivity (Wildman–Crippen MR) is 126 cm³/mol. The Morgan fingerprint density at radius 1 is 1.35 bits per heavy atom. The van der Waals surface area contributed by atoms with Gasteiger partial charge in [0.2, 0.25) is 0 Å². The number of nitrogens with two attached hydrogens (primary N) is 1. The fourth-order valence-corrected chi connectivity index (χ4v) is 7.31. The molecule has 3 aliphatic heterocycles. The van der Waals surface area contributed by atoms with Gasteiger partial charge in [-0.1, -0.05) is 5.16 Å². The molecule has 0 aromatic carbocycles. The van der Waals surface area contributed by atoms with Crippen molar-refractivity contribution in [1.82, 2.24) is 15.2 Å². The Bertz CT molecular complexity index is 1170. The number of aliphatic carboxylic acids is 1. The standard InChI is InChI=1S/C21H24N6O5S2/c1-27(5-10-3-2-4-11(10)6-27)7-12-8-33-19-15(18(29)26(19)16(12)20(30)31)24-17(28)14(25-32)13-9-34-21(22)23-13/h9,15,19H,2-8H2,1H3,(H4-,22,23,24,28,30,31,32)/p+1/t15-,19-/m1/s1. The largest absolute Gasteiger partial charge is 0.477 e. The van der Waals surface area contributed by atoms with E-state index < -0.39 is 29.2 Å². The van der Waals surface area contributed by atoms with E-state index in [1.807, 2.05) is 0 Å². The number of carboxylic acid groups (broad SMARTS) is 1. The van der Waals surface area contributed by atoms with Crippen LogP contribution < -0.4 is 11.1 Å². The van der Waals surface area contributed by atoms with E-state index in [4.69, 9.17) is 5.73 Å². The summed E-state index contributed by atoms with van der Waals surface area (Å²) in [7, 11) is 2.14. The van der Waals surface area contributed by atoms with Crippen LogP contribution >= 0.6 is 23.1 Å².